The van der Waals surface area contributed by atoms with Gasteiger partial charge in [-0.1, -0.05) is 5.16 Å². The van der Waals surface area contributed by atoms with E-state index in [0.29, 0.717) is 24.9 Å². The van der Waals surface area contributed by atoms with Crippen LogP contribution in [0.5, 0.6) is 0 Å². The molecule has 1 saturated heterocycles. The van der Waals surface area contributed by atoms with E-state index in [9.17, 15) is 4.79 Å². The van der Waals surface area contributed by atoms with Crippen molar-refractivity contribution in [2.45, 2.75) is 25.8 Å². The van der Waals surface area contributed by atoms with Gasteiger partial charge in [0.2, 0.25) is 5.89 Å². The molecule has 0 aromatic carbocycles. The van der Waals surface area contributed by atoms with Crippen molar-refractivity contribution in [2.24, 2.45) is 5.92 Å². The fourth-order valence-electron chi connectivity index (χ4n) is 2.51. The Labute approximate surface area is 132 Å². The molecule has 2 amide bonds. The predicted molar refractivity (Wildman–Crippen MR) is 81.8 cm³/mol. The van der Waals surface area contributed by atoms with Crippen LogP contribution in [0.3, 0.4) is 0 Å². The van der Waals surface area contributed by atoms with Gasteiger partial charge in [0.1, 0.15) is 6.04 Å². The van der Waals surface area contributed by atoms with Gasteiger partial charge in [0, 0.05) is 18.6 Å². The highest BCUT2D eigenvalue weighted by Crippen LogP contribution is 2.29. The van der Waals surface area contributed by atoms with Crippen molar-refractivity contribution >= 4 is 23.1 Å². The number of nitrogens with zero attached hydrogens (tertiary/aromatic N) is 2. The number of thiophene rings is 1. The third-order valence-electron chi connectivity index (χ3n) is 3.61. The van der Waals surface area contributed by atoms with Crippen molar-refractivity contribution in [2.75, 3.05) is 18.5 Å². The first-order valence-electron chi connectivity index (χ1n) is 7.20. The number of carbonyl (C=O) groups excluding carboxylic acids is 1. The lowest BCUT2D eigenvalue weighted by atomic mass is 9.91. The normalized spacial score (nSPS) is 17.1. The maximum Gasteiger partial charge on any atom is 0.319 e. The number of nitrogens with one attached hydrogen (secondary N) is 2. The first kappa shape index (κ1) is 15.0. The predicted octanol–water partition coefficient (Wildman–Crippen LogP) is 2.73. The van der Waals surface area contributed by atoms with E-state index in [4.69, 9.17) is 9.26 Å². The van der Waals surface area contributed by atoms with Gasteiger partial charge < -0.3 is 19.9 Å². The Bertz CT molecular complexity index is 607. The van der Waals surface area contributed by atoms with Crippen LogP contribution < -0.4 is 10.6 Å². The first-order chi connectivity index (χ1) is 10.7. The quantitative estimate of drug-likeness (QED) is 0.903. The van der Waals surface area contributed by atoms with Crippen LogP contribution in [0.1, 0.15) is 30.6 Å². The molecule has 3 heterocycles. The standard InChI is InChI=1S/C14H18N4O3S/c1-9-15-13(21-18-9)12(10-2-5-20-6-3-10)17-14(19)16-11-4-7-22-8-11/h4,7-8,10,12H,2-3,5-6H2,1H3,(H2,16,17,19). The Hall–Kier alpha value is -1.93. The lowest BCUT2D eigenvalue weighted by Crippen LogP contribution is -2.38. The van der Waals surface area contributed by atoms with Gasteiger partial charge >= 0.3 is 6.03 Å². The Morgan fingerprint density at radius 1 is 1.45 bits per heavy atom. The lowest BCUT2D eigenvalue weighted by molar-refractivity contribution is 0.0506. The van der Waals surface area contributed by atoms with E-state index < -0.39 is 0 Å². The molecule has 0 radical (unpaired) electrons. The fourth-order valence-corrected chi connectivity index (χ4v) is 3.10. The van der Waals surface area contributed by atoms with Crippen molar-refractivity contribution in [3.8, 4) is 0 Å². The summed E-state index contributed by atoms with van der Waals surface area (Å²) in [4.78, 5) is 16.5. The third-order valence-corrected chi connectivity index (χ3v) is 4.30. The average molecular weight is 322 g/mol. The van der Waals surface area contributed by atoms with Crippen molar-refractivity contribution in [3.05, 3.63) is 28.5 Å². The van der Waals surface area contributed by atoms with E-state index in [1.54, 1.807) is 6.92 Å². The Kier molecular flexibility index (Phi) is 4.69. The minimum Gasteiger partial charge on any atom is -0.381 e. The van der Waals surface area contributed by atoms with E-state index in [2.05, 4.69) is 20.8 Å². The second kappa shape index (κ2) is 6.89. The largest absolute Gasteiger partial charge is 0.381 e. The number of rotatable bonds is 4. The molecule has 7 nitrogen and oxygen atoms in total. The molecule has 2 N–H and O–H groups in total. The fraction of sp³-hybridized carbons (Fsp3) is 0.500. The number of anilines is 1. The summed E-state index contributed by atoms with van der Waals surface area (Å²) in [5.74, 6) is 1.23. The van der Waals surface area contributed by atoms with Crippen LogP contribution in [0.25, 0.3) is 0 Å². The molecule has 1 aliphatic rings. The second-order valence-electron chi connectivity index (χ2n) is 5.22. The number of hydrogen-bond acceptors (Lipinski definition) is 6. The minimum atomic E-state index is -0.302. The maximum atomic E-state index is 12.2. The SMILES string of the molecule is Cc1noc(C(NC(=O)Nc2ccsc2)C2CCOCC2)n1. The van der Waals surface area contributed by atoms with Crippen LogP contribution in [-0.2, 0) is 4.74 Å². The van der Waals surface area contributed by atoms with E-state index >= 15 is 0 Å². The molecule has 1 atom stereocenters. The molecule has 1 unspecified atom stereocenters. The molecule has 22 heavy (non-hydrogen) atoms. The van der Waals surface area contributed by atoms with Gasteiger partial charge in [0.15, 0.2) is 5.82 Å². The molecule has 0 saturated carbocycles. The van der Waals surface area contributed by atoms with Crippen LogP contribution in [0.4, 0.5) is 10.5 Å². The molecular formula is C14H18N4O3S. The smallest absolute Gasteiger partial charge is 0.319 e. The number of aromatic nitrogens is 2. The van der Waals surface area contributed by atoms with Gasteiger partial charge in [0.25, 0.3) is 0 Å². The Morgan fingerprint density at radius 2 is 2.27 bits per heavy atom. The summed E-state index contributed by atoms with van der Waals surface area (Å²) in [6.07, 6.45) is 1.70. The number of ether oxygens (including phenoxy) is 1. The van der Waals surface area contributed by atoms with Crippen LogP contribution >= 0.6 is 11.3 Å². The molecule has 0 spiro atoms. The van der Waals surface area contributed by atoms with Crippen molar-refractivity contribution in [1.82, 2.24) is 15.5 Å². The monoisotopic (exact) mass is 322 g/mol. The molecule has 2 aromatic rings. The summed E-state index contributed by atoms with van der Waals surface area (Å²) in [7, 11) is 0. The first-order valence-corrected chi connectivity index (χ1v) is 8.14. The number of hydrogen-bond donors (Lipinski definition) is 2. The molecule has 3 rings (SSSR count). The zero-order chi connectivity index (χ0) is 15.4. The average Bonchev–Trinajstić information content (AvgIpc) is 3.17. The van der Waals surface area contributed by atoms with Crippen molar-refractivity contribution in [1.29, 1.82) is 0 Å². The van der Waals surface area contributed by atoms with Gasteiger partial charge in [0.05, 0.1) is 5.69 Å². The Morgan fingerprint density at radius 3 is 2.91 bits per heavy atom. The molecule has 0 bridgehead atoms. The van der Waals surface area contributed by atoms with Crippen LogP contribution in [0.2, 0.25) is 0 Å². The van der Waals surface area contributed by atoms with E-state index in [1.807, 2.05) is 16.8 Å². The van der Waals surface area contributed by atoms with Crippen LogP contribution in [0, 0.1) is 12.8 Å². The summed E-state index contributed by atoms with van der Waals surface area (Å²) in [6, 6.07) is 1.28. The summed E-state index contributed by atoms with van der Waals surface area (Å²) in [5, 5.41) is 13.4. The number of amides is 2. The molecule has 0 aliphatic carbocycles. The lowest BCUT2D eigenvalue weighted by Gasteiger charge is -2.28. The van der Waals surface area contributed by atoms with Gasteiger partial charge in [-0.15, -0.1) is 0 Å². The topological polar surface area (TPSA) is 89.3 Å². The molecule has 8 heteroatoms. The highest BCUT2D eigenvalue weighted by atomic mass is 32.1. The van der Waals surface area contributed by atoms with Gasteiger partial charge in [-0.2, -0.15) is 16.3 Å². The molecular weight excluding hydrogens is 304 g/mol. The van der Waals surface area contributed by atoms with Crippen LogP contribution in [-0.4, -0.2) is 29.4 Å². The highest BCUT2D eigenvalue weighted by Gasteiger charge is 2.31. The van der Waals surface area contributed by atoms with E-state index in [0.717, 1.165) is 18.5 Å². The van der Waals surface area contributed by atoms with Gasteiger partial charge in [-0.25, -0.2) is 4.79 Å². The summed E-state index contributed by atoms with van der Waals surface area (Å²) in [5.41, 5.74) is 0.773. The van der Waals surface area contributed by atoms with Crippen molar-refractivity contribution in [3.63, 3.8) is 0 Å². The number of urea groups is 1. The molecule has 118 valence electrons. The van der Waals surface area contributed by atoms with Crippen molar-refractivity contribution < 1.29 is 14.1 Å². The number of carbonyl (C=O) groups is 1. The maximum absolute atomic E-state index is 12.2. The zero-order valence-electron chi connectivity index (χ0n) is 12.2. The second-order valence-corrected chi connectivity index (χ2v) is 6.00. The summed E-state index contributed by atoms with van der Waals surface area (Å²) < 4.78 is 10.7. The van der Waals surface area contributed by atoms with E-state index in [1.165, 1.54) is 11.3 Å². The van der Waals surface area contributed by atoms with Gasteiger partial charge in [-0.3, -0.25) is 0 Å². The Balaban J connectivity index is 1.71. The highest BCUT2D eigenvalue weighted by molar-refractivity contribution is 7.08. The number of aryl methyl sites for hydroxylation is 1. The third kappa shape index (κ3) is 3.63. The minimum absolute atomic E-state index is 0.224. The molecule has 1 aliphatic heterocycles. The molecule has 1 fully saturated rings. The van der Waals surface area contributed by atoms with Crippen LogP contribution in [0.15, 0.2) is 21.3 Å². The molecule has 2 aromatic heterocycles. The summed E-state index contributed by atoms with van der Waals surface area (Å²) >= 11 is 1.53. The zero-order valence-corrected chi connectivity index (χ0v) is 13.1. The summed E-state index contributed by atoms with van der Waals surface area (Å²) in [6.45, 7) is 3.13. The van der Waals surface area contributed by atoms with E-state index in [-0.39, 0.29) is 18.0 Å². The van der Waals surface area contributed by atoms with Gasteiger partial charge in [-0.05, 0) is 37.1 Å².